The van der Waals surface area contributed by atoms with Crippen LogP contribution < -0.4 is 10.1 Å². The third kappa shape index (κ3) is 4.81. The van der Waals surface area contributed by atoms with Crippen molar-refractivity contribution in [2.24, 2.45) is 5.41 Å². The molecule has 1 saturated heterocycles. The maximum absolute atomic E-state index is 13.1. The number of benzene rings is 1. The molecule has 3 heterocycles. The molecule has 1 aromatic carbocycles. The van der Waals surface area contributed by atoms with E-state index in [0.717, 1.165) is 38.5 Å². The highest BCUT2D eigenvalue weighted by molar-refractivity contribution is 5.97. The number of likely N-dealkylation sites (tertiary alicyclic amines) is 1. The minimum absolute atomic E-state index is 0.0275. The lowest BCUT2D eigenvalue weighted by molar-refractivity contribution is 0.0521. The third-order valence-corrected chi connectivity index (χ3v) is 6.85. The molecular formula is C25H34N4O3. The summed E-state index contributed by atoms with van der Waals surface area (Å²) in [4.78, 5) is 28.0. The lowest BCUT2D eigenvalue weighted by Crippen LogP contribution is -2.48. The highest BCUT2D eigenvalue weighted by Gasteiger charge is 2.37. The standard InChI is InChI=1S/C25H34N4O3/c1-19(2)29-21(10-14-27-29)24(31)28-15-12-25(13-16-28)11-6-3-7-17-32-22-9-5-4-8-20(22)23(30)26-18-25/h4-5,8-10,14,19H,3,6-7,11-13,15-18H2,1-2H3,(H,26,30). The van der Waals surface area contributed by atoms with E-state index >= 15 is 0 Å². The van der Waals surface area contributed by atoms with Gasteiger partial charge in [0.05, 0.1) is 12.2 Å². The zero-order valence-corrected chi connectivity index (χ0v) is 19.2. The average molecular weight is 439 g/mol. The zero-order chi connectivity index (χ0) is 22.6. The summed E-state index contributed by atoms with van der Waals surface area (Å²) in [5, 5.41) is 7.49. The van der Waals surface area contributed by atoms with E-state index in [0.29, 0.717) is 43.2 Å². The molecule has 1 spiro atoms. The molecule has 1 fully saturated rings. The molecule has 0 saturated carbocycles. The predicted octanol–water partition coefficient (Wildman–Crippen LogP) is 4.07. The summed E-state index contributed by atoms with van der Waals surface area (Å²) in [6.07, 6.45) is 7.74. The quantitative estimate of drug-likeness (QED) is 0.767. The molecule has 0 radical (unpaired) electrons. The molecular weight excluding hydrogens is 404 g/mol. The maximum Gasteiger partial charge on any atom is 0.272 e. The van der Waals surface area contributed by atoms with Crippen LogP contribution in [0.15, 0.2) is 36.5 Å². The second-order valence-electron chi connectivity index (χ2n) is 9.38. The second-order valence-corrected chi connectivity index (χ2v) is 9.38. The summed E-state index contributed by atoms with van der Waals surface area (Å²) in [5.41, 5.74) is 1.28. The normalized spacial score (nSPS) is 19.5. The SMILES string of the molecule is CC(C)n1nccc1C(=O)N1CCC2(CCCCCOc3ccccc3C(=O)NC2)CC1. The van der Waals surface area contributed by atoms with Gasteiger partial charge in [0.2, 0.25) is 0 Å². The van der Waals surface area contributed by atoms with Gasteiger partial charge in [-0.15, -0.1) is 0 Å². The number of piperidine rings is 1. The van der Waals surface area contributed by atoms with Crippen molar-refractivity contribution in [3.63, 3.8) is 0 Å². The zero-order valence-electron chi connectivity index (χ0n) is 19.2. The van der Waals surface area contributed by atoms with E-state index in [2.05, 4.69) is 10.4 Å². The molecule has 1 aromatic heterocycles. The van der Waals surface area contributed by atoms with Crippen molar-refractivity contribution in [2.75, 3.05) is 26.2 Å². The number of nitrogens with one attached hydrogen (secondary N) is 1. The van der Waals surface area contributed by atoms with Crippen LogP contribution in [0.1, 0.15) is 79.3 Å². The summed E-state index contributed by atoms with van der Waals surface area (Å²) in [6.45, 7) is 6.74. The largest absolute Gasteiger partial charge is 0.493 e. The van der Waals surface area contributed by atoms with Gasteiger partial charge in [0, 0.05) is 31.9 Å². The number of para-hydroxylation sites is 1. The number of rotatable bonds is 2. The van der Waals surface area contributed by atoms with Crippen molar-refractivity contribution in [3.05, 3.63) is 47.8 Å². The van der Waals surface area contributed by atoms with Gasteiger partial charge in [-0.2, -0.15) is 5.10 Å². The summed E-state index contributed by atoms with van der Waals surface area (Å²) in [7, 11) is 0. The molecule has 2 aliphatic heterocycles. The number of nitrogens with zero attached hydrogens (tertiary/aromatic N) is 3. The van der Waals surface area contributed by atoms with Crippen LogP contribution in [-0.4, -0.2) is 52.7 Å². The highest BCUT2D eigenvalue weighted by Crippen LogP contribution is 2.37. The fourth-order valence-electron chi connectivity index (χ4n) is 4.86. The van der Waals surface area contributed by atoms with Crippen molar-refractivity contribution in [3.8, 4) is 5.75 Å². The average Bonchev–Trinajstić information content (AvgIpc) is 3.30. The molecule has 0 aliphatic carbocycles. The van der Waals surface area contributed by atoms with Crippen LogP contribution in [0, 0.1) is 5.41 Å². The smallest absolute Gasteiger partial charge is 0.272 e. The van der Waals surface area contributed by atoms with E-state index in [9.17, 15) is 9.59 Å². The number of carbonyl (C=O) groups excluding carboxylic acids is 2. The Morgan fingerprint density at radius 1 is 1.09 bits per heavy atom. The molecule has 0 bridgehead atoms. The summed E-state index contributed by atoms with van der Waals surface area (Å²) >= 11 is 0. The molecule has 2 aromatic rings. The van der Waals surface area contributed by atoms with E-state index in [1.807, 2.05) is 49.1 Å². The first-order valence-electron chi connectivity index (χ1n) is 11.8. The molecule has 0 unspecified atom stereocenters. The Morgan fingerprint density at radius 3 is 2.66 bits per heavy atom. The molecule has 7 heteroatoms. The van der Waals surface area contributed by atoms with Gasteiger partial charge < -0.3 is 15.0 Å². The number of hydrogen-bond acceptors (Lipinski definition) is 4. The van der Waals surface area contributed by atoms with Gasteiger partial charge in [-0.25, -0.2) is 0 Å². The molecule has 32 heavy (non-hydrogen) atoms. The lowest BCUT2D eigenvalue weighted by atomic mass is 9.74. The number of carbonyl (C=O) groups is 2. The van der Waals surface area contributed by atoms with E-state index in [4.69, 9.17) is 4.74 Å². The first-order chi connectivity index (χ1) is 15.5. The summed E-state index contributed by atoms with van der Waals surface area (Å²) < 4.78 is 7.65. The number of hydrogen-bond donors (Lipinski definition) is 1. The van der Waals surface area contributed by atoms with Gasteiger partial charge in [0.25, 0.3) is 11.8 Å². The Kier molecular flexibility index (Phi) is 6.82. The molecule has 2 aliphatic rings. The molecule has 172 valence electrons. The van der Waals surface area contributed by atoms with Crippen LogP contribution in [0.5, 0.6) is 5.75 Å². The Balaban J connectivity index is 1.45. The first-order valence-corrected chi connectivity index (χ1v) is 11.8. The van der Waals surface area contributed by atoms with Gasteiger partial charge in [-0.3, -0.25) is 14.3 Å². The van der Waals surface area contributed by atoms with Crippen LogP contribution in [0.2, 0.25) is 0 Å². The van der Waals surface area contributed by atoms with E-state index in [1.165, 1.54) is 0 Å². The van der Waals surface area contributed by atoms with Gasteiger partial charge in [-0.1, -0.05) is 25.0 Å². The van der Waals surface area contributed by atoms with E-state index in [-0.39, 0.29) is 23.3 Å². The van der Waals surface area contributed by atoms with Gasteiger partial charge in [0.1, 0.15) is 11.4 Å². The Morgan fingerprint density at radius 2 is 1.88 bits per heavy atom. The minimum Gasteiger partial charge on any atom is -0.493 e. The van der Waals surface area contributed by atoms with Gasteiger partial charge in [0.15, 0.2) is 0 Å². The first kappa shape index (κ1) is 22.4. The Bertz CT molecular complexity index is 944. The second kappa shape index (κ2) is 9.76. The molecule has 1 N–H and O–H groups in total. The number of aromatic nitrogens is 2. The fourth-order valence-corrected chi connectivity index (χ4v) is 4.86. The molecule has 2 amide bonds. The van der Waals surface area contributed by atoms with Crippen molar-refractivity contribution in [2.45, 2.75) is 58.4 Å². The van der Waals surface area contributed by atoms with Crippen LogP contribution in [0.25, 0.3) is 0 Å². The number of fused-ring (bicyclic) bond motifs is 1. The summed E-state index contributed by atoms with van der Waals surface area (Å²) in [6, 6.07) is 9.41. The summed E-state index contributed by atoms with van der Waals surface area (Å²) in [5.74, 6) is 0.621. The van der Waals surface area contributed by atoms with Gasteiger partial charge in [-0.05, 0) is 63.1 Å². The Hall–Kier alpha value is -2.83. The van der Waals surface area contributed by atoms with Crippen LogP contribution in [0.4, 0.5) is 0 Å². The van der Waals surface area contributed by atoms with Crippen molar-refractivity contribution >= 4 is 11.8 Å². The number of ether oxygens (including phenoxy) is 1. The van der Waals surface area contributed by atoms with Crippen LogP contribution in [-0.2, 0) is 0 Å². The highest BCUT2D eigenvalue weighted by atomic mass is 16.5. The van der Waals surface area contributed by atoms with Crippen molar-refractivity contribution in [1.82, 2.24) is 20.0 Å². The molecule has 4 rings (SSSR count). The molecule has 0 atom stereocenters. The van der Waals surface area contributed by atoms with Crippen LogP contribution >= 0.6 is 0 Å². The third-order valence-electron chi connectivity index (χ3n) is 6.85. The monoisotopic (exact) mass is 438 g/mol. The Labute approximate surface area is 190 Å². The lowest BCUT2D eigenvalue weighted by Gasteiger charge is -2.42. The molecule has 7 nitrogen and oxygen atoms in total. The maximum atomic E-state index is 13.1. The van der Waals surface area contributed by atoms with Crippen molar-refractivity contribution < 1.29 is 14.3 Å². The minimum atomic E-state index is -0.0834. The topological polar surface area (TPSA) is 76.5 Å². The van der Waals surface area contributed by atoms with Gasteiger partial charge >= 0.3 is 0 Å². The predicted molar refractivity (Wildman–Crippen MR) is 123 cm³/mol. The van der Waals surface area contributed by atoms with E-state index in [1.54, 1.807) is 10.9 Å². The van der Waals surface area contributed by atoms with Crippen molar-refractivity contribution in [1.29, 1.82) is 0 Å². The number of amides is 2. The van der Waals surface area contributed by atoms with E-state index < -0.39 is 0 Å². The fraction of sp³-hybridized carbons (Fsp3) is 0.560. The van der Waals surface area contributed by atoms with Crippen LogP contribution in [0.3, 0.4) is 0 Å².